The summed E-state index contributed by atoms with van der Waals surface area (Å²) < 4.78 is 65.2. The molecule has 0 saturated heterocycles. The zero-order valence-corrected chi connectivity index (χ0v) is 23.1. The van der Waals surface area contributed by atoms with E-state index in [1.165, 1.54) is 50.6 Å². The molecule has 0 fully saturated rings. The van der Waals surface area contributed by atoms with Crippen molar-refractivity contribution in [2.45, 2.75) is 17.1 Å². The Hall–Kier alpha value is -3.02. The molecular weight excluding hydrogens is 558 g/mol. The fourth-order valence-electron chi connectivity index (χ4n) is 3.42. The second-order valence-electron chi connectivity index (χ2n) is 8.01. The Bertz CT molecular complexity index is 1360. The van der Waals surface area contributed by atoms with E-state index < -0.39 is 28.3 Å². The number of methoxy groups -OCH3 is 2. The number of nitrogens with one attached hydrogen (secondary N) is 1. The molecule has 3 aromatic carbocycles. The fraction of sp³-hybridized carbons (Fsp3) is 0.269. The molecule has 12 heteroatoms. The van der Waals surface area contributed by atoms with Crippen LogP contribution < -0.4 is 19.1 Å². The highest BCUT2D eigenvalue weighted by molar-refractivity contribution is 7.98. The van der Waals surface area contributed by atoms with Gasteiger partial charge in [0.1, 0.15) is 18.2 Å². The number of hydrogen-bond acceptors (Lipinski definition) is 6. The Morgan fingerprint density at radius 1 is 1.00 bits per heavy atom. The van der Waals surface area contributed by atoms with Crippen molar-refractivity contribution in [3.05, 3.63) is 82.9 Å². The number of amides is 1. The molecule has 38 heavy (non-hydrogen) atoms. The summed E-state index contributed by atoms with van der Waals surface area (Å²) in [5.41, 5.74) is 1.02. The molecule has 0 aliphatic heterocycles. The van der Waals surface area contributed by atoms with Crippen molar-refractivity contribution in [1.82, 2.24) is 5.32 Å². The van der Waals surface area contributed by atoms with E-state index in [4.69, 9.17) is 21.1 Å². The average Bonchev–Trinajstić information content (AvgIpc) is 2.91. The molecule has 0 atom stereocenters. The molecule has 1 amide bonds. The Morgan fingerprint density at radius 3 is 2.37 bits per heavy atom. The third kappa shape index (κ3) is 7.75. The quantitative estimate of drug-likeness (QED) is 0.276. The van der Waals surface area contributed by atoms with Crippen LogP contribution in [0, 0.1) is 11.6 Å². The van der Waals surface area contributed by atoms with Crippen LogP contribution in [0.15, 0.2) is 65.6 Å². The van der Waals surface area contributed by atoms with Crippen molar-refractivity contribution < 1.29 is 31.5 Å². The first kappa shape index (κ1) is 29.5. The van der Waals surface area contributed by atoms with Crippen LogP contribution in [0.25, 0.3) is 0 Å². The largest absolute Gasteiger partial charge is 0.493 e. The maximum atomic E-state index is 13.8. The van der Waals surface area contributed by atoms with E-state index in [1.807, 2.05) is 0 Å². The van der Waals surface area contributed by atoms with Gasteiger partial charge in [-0.3, -0.25) is 9.10 Å². The molecule has 0 bridgehead atoms. The summed E-state index contributed by atoms with van der Waals surface area (Å²) >= 11 is 7.54. The van der Waals surface area contributed by atoms with E-state index in [0.29, 0.717) is 24.5 Å². The molecule has 0 aliphatic carbocycles. The smallest absolute Gasteiger partial charge is 0.264 e. The topological polar surface area (TPSA) is 84.9 Å². The summed E-state index contributed by atoms with van der Waals surface area (Å²) in [6, 6.07) is 13.7. The predicted octanol–water partition coefficient (Wildman–Crippen LogP) is 5.27. The van der Waals surface area contributed by atoms with E-state index >= 15 is 0 Å². The van der Waals surface area contributed by atoms with Crippen LogP contribution in [0.5, 0.6) is 11.5 Å². The van der Waals surface area contributed by atoms with E-state index in [2.05, 4.69) is 5.32 Å². The van der Waals surface area contributed by atoms with Gasteiger partial charge in [-0.15, -0.1) is 0 Å². The minimum Gasteiger partial charge on any atom is -0.493 e. The van der Waals surface area contributed by atoms with Gasteiger partial charge >= 0.3 is 0 Å². The molecule has 0 saturated carbocycles. The summed E-state index contributed by atoms with van der Waals surface area (Å²) in [5, 5.41) is 2.44. The minimum atomic E-state index is -4.28. The van der Waals surface area contributed by atoms with Crippen molar-refractivity contribution in [2.24, 2.45) is 0 Å². The lowest BCUT2D eigenvalue weighted by Crippen LogP contribution is -2.41. The van der Waals surface area contributed by atoms with Crippen molar-refractivity contribution >= 4 is 45.0 Å². The second-order valence-corrected chi connectivity index (χ2v) is 11.4. The lowest BCUT2D eigenvalue weighted by atomic mass is 10.2. The number of benzene rings is 3. The lowest BCUT2D eigenvalue weighted by Gasteiger charge is -2.24. The summed E-state index contributed by atoms with van der Waals surface area (Å²) in [5.74, 6) is 0.410. The van der Waals surface area contributed by atoms with Crippen molar-refractivity contribution in [2.75, 3.05) is 37.4 Å². The number of hydrogen-bond donors (Lipinski definition) is 1. The van der Waals surface area contributed by atoms with Gasteiger partial charge in [-0.25, -0.2) is 17.2 Å². The van der Waals surface area contributed by atoms with Gasteiger partial charge in [0.25, 0.3) is 10.0 Å². The van der Waals surface area contributed by atoms with Crippen LogP contribution >= 0.6 is 23.4 Å². The summed E-state index contributed by atoms with van der Waals surface area (Å²) in [4.78, 5) is 12.6. The number of carbonyl (C=O) groups is 1. The van der Waals surface area contributed by atoms with Gasteiger partial charge in [0.15, 0.2) is 11.5 Å². The average molecular weight is 585 g/mol. The third-order valence-corrected chi connectivity index (χ3v) is 8.57. The normalized spacial score (nSPS) is 11.2. The van der Waals surface area contributed by atoms with Gasteiger partial charge in [0.05, 0.1) is 29.8 Å². The van der Waals surface area contributed by atoms with Crippen LogP contribution in [0.2, 0.25) is 5.02 Å². The number of halogens is 3. The first-order valence-electron chi connectivity index (χ1n) is 11.4. The third-order valence-electron chi connectivity index (χ3n) is 5.39. The number of rotatable bonds is 13. The van der Waals surface area contributed by atoms with Crippen LogP contribution in [0.4, 0.5) is 14.5 Å². The minimum absolute atomic E-state index is 0.0242. The van der Waals surface area contributed by atoms with Crippen molar-refractivity contribution in [3.8, 4) is 11.5 Å². The lowest BCUT2D eigenvalue weighted by molar-refractivity contribution is -0.119. The fourth-order valence-corrected chi connectivity index (χ4v) is 5.94. The van der Waals surface area contributed by atoms with Gasteiger partial charge in [0.2, 0.25) is 5.91 Å². The second kappa shape index (κ2) is 13.7. The number of anilines is 1. The van der Waals surface area contributed by atoms with Gasteiger partial charge in [0, 0.05) is 18.4 Å². The molecule has 3 aromatic rings. The zero-order chi connectivity index (χ0) is 27.7. The van der Waals surface area contributed by atoms with Crippen LogP contribution in [-0.2, 0) is 20.6 Å². The standard InChI is InChI=1S/C26H27ClF2N2O5S2/c1-35-24-11-9-21(15-25(24)36-2)38(33,34)31(20-8-10-23(29)22(27)14-20)16-26(32)30-12-3-13-37-17-18-4-6-19(28)7-5-18/h4-11,14-15H,3,12-13,16-17H2,1-2H3,(H,30,32). The van der Waals surface area contributed by atoms with Crippen LogP contribution in [0.1, 0.15) is 12.0 Å². The van der Waals surface area contributed by atoms with Gasteiger partial charge < -0.3 is 14.8 Å². The molecule has 204 valence electrons. The number of ether oxygens (including phenoxy) is 2. The Morgan fingerprint density at radius 2 is 1.71 bits per heavy atom. The molecule has 3 rings (SSSR count). The van der Waals surface area contributed by atoms with Crippen molar-refractivity contribution in [1.29, 1.82) is 0 Å². The first-order chi connectivity index (χ1) is 18.1. The number of sulfonamides is 1. The summed E-state index contributed by atoms with van der Waals surface area (Å²) in [7, 11) is -1.49. The number of nitrogens with zero attached hydrogens (tertiary/aromatic N) is 1. The van der Waals surface area contributed by atoms with Crippen molar-refractivity contribution in [3.63, 3.8) is 0 Å². The maximum absolute atomic E-state index is 13.8. The maximum Gasteiger partial charge on any atom is 0.264 e. The highest BCUT2D eigenvalue weighted by Crippen LogP contribution is 2.33. The van der Waals surface area contributed by atoms with Gasteiger partial charge in [-0.05, 0) is 60.2 Å². The van der Waals surface area contributed by atoms with E-state index in [-0.39, 0.29) is 27.2 Å². The molecule has 0 aromatic heterocycles. The Kier molecular flexibility index (Phi) is 10.6. The molecular formula is C26H27ClF2N2O5S2. The molecule has 1 N–H and O–H groups in total. The molecule has 0 unspecified atom stereocenters. The highest BCUT2D eigenvalue weighted by atomic mass is 35.5. The van der Waals surface area contributed by atoms with Crippen LogP contribution in [0.3, 0.4) is 0 Å². The van der Waals surface area contributed by atoms with Gasteiger partial charge in [-0.2, -0.15) is 11.8 Å². The molecule has 0 spiro atoms. The van der Waals surface area contributed by atoms with Crippen LogP contribution in [-0.4, -0.2) is 47.4 Å². The van der Waals surface area contributed by atoms with E-state index in [9.17, 15) is 22.0 Å². The molecule has 0 aliphatic rings. The predicted molar refractivity (Wildman–Crippen MR) is 146 cm³/mol. The molecule has 0 radical (unpaired) electrons. The summed E-state index contributed by atoms with van der Waals surface area (Å²) in [6.45, 7) is -0.231. The molecule has 0 heterocycles. The Labute approximate surface area is 230 Å². The SMILES string of the molecule is COc1ccc(S(=O)(=O)N(CC(=O)NCCCSCc2ccc(F)cc2)c2ccc(F)c(Cl)c2)cc1OC. The number of thioether (sulfide) groups is 1. The Balaban J connectivity index is 1.68. The monoisotopic (exact) mass is 584 g/mol. The summed E-state index contributed by atoms with van der Waals surface area (Å²) in [6.07, 6.45) is 0.641. The first-order valence-corrected chi connectivity index (χ1v) is 14.4. The van der Waals surface area contributed by atoms with E-state index in [0.717, 1.165) is 27.8 Å². The van der Waals surface area contributed by atoms with Gasteiger partial charge in [-0.1, -0.05) is 23.7 Å². The highest BCUT2D eigenvalue weighted by Gasteiger charge is 2.29. The number of carbonyl (C=O) groups excluding carboxylic acids is 1. The van der Waals surface area contributed by atoms with E-state index in [1.54, 1.807) is 23.9 Å². The molecule has 7 nitrogen and oxygen atoms in total. The zero-order valence-electron chi connectivity index (χ0n) is 20.7.